The normalized spacial score (nSPS) is 16.1. The minimum atomic E-state index is -0.889. The van der Waals surface area contributed by atoms with Gasteiger partial charge in [0.2, 0.25) is 11.8 Å². The monoisotopic (exact) mass is 304 g/mol. The van der Waals surface area contributed by atoms with Crippen LogP contribution in [-0.4, -0.2) is 24.9 Å². The van der Waals surface area contributed by atoms with Gasteiger partial charge in [-0.15, -0.1) is 0 Å². The van der Waals surface area contributed by atoms with Crippen LogP contribution in [0.25, 0.3) is 0 Å². The summed E-state index contributed by atoms with van der Waals surface area (Å²) in [5, 5.41) is 2.30. The lowest BCUT2D eigenvalue weighted by Crippen LogP contribution is -2.52. The minimum Gasteiger partial charge on any atom is -0.345 e. The smallest absolute Gasteiger partial charge is 0.247 e. The highest BCUT2D eigenvalue weighted by atomic mass is 79.9. The predicted molar refractivity (Wildman–Crippen MR) is 59.4 cm³/mol. The van der Waals surface area contributed by atoms with Gasteiger partial charge in [0.1, 0.15) is 12.2 Å². The van der Waals surface area contributed by atoms with Gasteiger partial charge in [-0.3, -0.25) is 14.5 Å². The van der Waals surface area contributed by atoms with Crippen LogP contribution in [0.2, 0.25) is 0 Å². The molecule has 90 valence electrons. The number of anilines is 1. The average Bonchev–Trinajstić information content (AvgIpc) is 2.21. The Morgan fingerprint density at radius 3 is 2.41 bits per heavy atom. The first-order chi connectivity index (χ1) is 7.99. The van der Waals surface area contributed by atoms with E-state index in [1.165, 1.54) is 0 Å². The summed E-state index contributed by atoms with van der Waals surface area (Å²) in [5.74, 6) is -2.78. The van der Waals surface area contributed by atoms with E-state index in [4.69, 9.17) is 0 Å². The van der Waals surface area contributed by atoms with Gasteiger partial charge >= 0.3 is 0 Å². The maximum atomic E-state index is 13.6. The number of benzene rings is 1. The van der Waals surface area contributed by atoms with Crippen molar-refractivity contribution in [2.24, 2.45) is 0 Å². The molecule has 2 rings (SSSR count). The zero-order valence-corrected chi connectivity index (χ0v) is 10.1. The third-order valence-electron chi connectivity index (χ3n) is 2.29. The van der Waals surface area contributed by atoms with Crippen molar-refractivity contribution in [3.63, 3.8) is 0 Å². The summed E-state index contributed by atoms with van der Waals surface area (Å²) in [5.41, 5.74) is -0.493. The van der Waals surface area contributed by atoms with Crippen molar-refractivity contribution in [2.45, 2.75) is 0 Å². The molecular formula is C10H7BrF2N2O2. The molecule has 1 fully saturated rings. The lowest BCUT2D eigenvalue weighted by Gasteiger charge is -2.27. The summed E-state index contributed by atoms with van der Waals surface area (Å²) >= 11 is 2.94. The van der Waals surface area contributed by atoms with E-state index in [-0.39, 0.29) is 17.6 Å². The molecule has 0 spiro atoms. The number of piperazine rings is 1. The maximum absolute atomic E-state index is 13.6. The van der Waals surface area contributed by atoms with Crippen LogP contribution < -0.4 is 10.2 Å². The molecule has 7 heteroatoms. The predicted octanol–water partition coefficient (Wildman–Crippen LogP) is 1.19. The minimum absolute atomic E-state index is 0.227. The second-order valence-electron chi connectivity index (χ2n) is 3.47. The van der Waals surface area contributed by atoms with Crippen LogP contribution in [0.1, 0.15) is 0 Å². The lowest BCUT2D eigenvalue weighted by atomic mass is 10.2. The molecule has 1 aliphatic rings. The fourth-order valence-corrected chi connectivity index (χ4v) is 1.96. The van der Waals surface area contributed by atoms with E-state index in [2.05, 4.69) is 21.2 Å². The van der Waals surface area contributed by atoms with Crippen molar-refractivity contribution in [1.29, 1.82) is 0 Å². The molecular weight excluding hydrogens is 298 g/mol. The Hall–Kier alpha value is -1.50. The summed E-state index contributed by atoms with van der Waals surface area (Å²) in [4.78, 5) is 23.4. The number of rotatable bonds is 1. The summed E-state index contributed by atoms with van der Waals surface area (Å²) in [6, 6.07) is 2.08. The SMILES string of the molecule is O=C1CN(c2c(F)cc(Br)cc2F)C(=O)CN1. The molecule has 0 atom stereocenters. The second-order valence-corrected chi connectivity index (χ2v) is 4.39. The third kappa shape index (κ3) is 2.28. The Morgan fingerprint density at radius 1 is 1.24 bits per heavy atom. The van der Waals surface area contributed by atoms with E-state index in [9.17, 15) is 18.4 Å². The number of nitrogens with zero attached hydrogens (tertiary/aromatic N) is 1. The summed E-state index contributed by atoms with van der Waals surface area (Å²) in [7, 11) is 0. The van der Waals surface area contributed by atoms with Gasteiger partial charge in [-0.1, -0.05) is 15.9 Å². The first kappa shape index (κ1) is 12.0. The van der Waals surface area contributed by atoms with Crippen molar-refractivity contribution in [3.05, 3.63) is 28.2 Å². The topological polar surface area (TPSA) is 49.4 Å². The van der Waals surface area contributed by atoms with Gasteiger partial charge in [0.05, 0.1) is 6.54 Å². The Morgan fingerprint density at radius 2 is 1.82 bits per heavy atom. The molecule has 0 unspecified atom stereocenters. The van der Waals surface area contributed by atoms with Crippen LogP contribution in [0.5, 0.6) is 0 Å². The van der Waals surface area contributed by atoms with Crippen LogP contribution in [0.4, 0.5) is 14.5 Å². The van der Waals surface area contributed by atoms with Gasteiger partial charge in [-0.25, -0.2) is 8.78 Å². The van der Waals surface area contributed by atoms with Crippen LogP contribution in [0.15, 0.2) is 16.6 Å². The highest BCUT2D eigenvalue weighted by Crippen LogP contribution is 2.27. The van der Waals surface area contributed by atoms with Gasteiger partial charge in [-0.2, -0.15) is 0 Å². The molecule has 0 radical (unpaired) electrons. The molecule has 1 aliphatic heterocycles. The van der Waals surface area contributed by atoms with Gasteiger partial charge in [0.15, 0.2) is 11.6 Å². The number of amides is 2. The van der Waals surface area contributed by atoms with E-state index in [1.807, 2.05) is 0 Å². The standard InChI is InChI=1S/C10H7BrF2N2O2/c11-5-1-6(12)10(7(13)2-5)15-4-8(16)14-3-9(15)17/h1-2H,3-4H2,(H,14,16). The Balaban J connectivity index is 2.45. The van der Waals surface area contributed by atoms with E-state index in [1.54, 1.807) is 0 Å². The lowest BCUT2D eigenvalue weighted by molar-refractivity contribution is -0.128. The quantitative estimate of drug-likeness (QED) is 0.847. The number of halogens is 3. The fraction of sp³-hybridized carbons (Fsp3) is 0.200. The molecule has 1 aromatic rings. The molecule has 17 heavy (non-hydrogen) atoms. The average molecular weight is 305 g/mol. The molecule has 4 nitrogen and oxygen atoms in total. The van der Waals surface area contributed by atoms with Crippen molar-refractivity contribution in [1.82, 2.24) is 5.32 Å². The molecule has 1 saturated heterocycles. The molecule has 2 amide bonds. The van der Waals surface area contributed by atoms with Crippen LogP contribution in [-0.2, 0) is 9.59 Å². The van der Waals surface area contributed by atoms with E-state index < -0.39 is 29.1 Å². The number of nitrogens with one attached hydrogen (secondary N) is 1. The number of hydrogen-bond donors (Lipinski definition) is 1. The summed E-state index contributed by atoms with van der Waals surface area (Å²) in [6.07, 6.45) is 0. The Kier molecular flexibility index (Phi) is 3.10. The molecule has 1 heterocycles. The largest absolute Gasteiger partial charge is 0.345 e. The number of carbonyl (C=O) groups is 2. The molecule has 0 aromatic heterocycles. The molecule has 0 bridgehead atoms. The molecule has 0 aliphatic carbocycles. The first-order valence-electron chi connectivity index (χ1n) is 4.70. The van der Waals surface area contributed by atoms with E-state index in [0.717, 1.165) is 17.0 Å². The first-order valence-corrected chi connectivity index (χ1v) is 5.50. The van der Waals surface area contributed by atoms with Crippen molar-refractivity contribution in [3.8, 4) is 0 Å². The summed E-state index contributed by atoms with van der Waals surface area (Å²) in [6.45, 7) is -0.637. The van der Waals surface area contributed by atoms with Gasteiger partial charge < -0.3 is 5.32 Å². The number of carbonyl (C=O) groups excluding carboxylic acids is 2. The van der Waals surface area contributed by atoms with Crippen LogP contribution in [0.3, 0.4) is 0 Å². The molecule has 0 saturated carbocycles. The van der Waals surface area contributed by atoms with Crippen molar-refractivity contribution < 1.29 is 18.4 Å². The Labute approximate surface area is 104 Å². The van der Waals surface area contributed by atoms with Gasteiger partial charge in [-0.05, 0) is 12.1 Å². The van der Waals surface area contributed by atoms with E-state index in [0.29, 0.717) is 0 Å². The summed E-state index contributed by atoms with van der Waals surface area (Å²) < 4.78 is 27.4. The van der Waals surface area contributed by atoms with Crippen molar-refractivity contribution >= 4 is 33.4 Å². The van der Waals surface area contributed by atoms with Crippen molar-refractivity contribution in [2.75, 3.05) is 18.0 Å². The third-order valence-corrected chi connectivity index (χ3v) is 2.75. The zero-order valence-electron chi connectivity index (χ0n) is 8.47. The van der Waals surface area contributed by atoms with Crippen LogP contribution in [0, 0.1) is 11.6 Å². The zero-order chi connectivity index (χ0) is 12.6. The maximum Gasteiger partial charge on any atom is 0.247 e. The fourth-order valence-electron chi connectivity index (χ4n) is 1.55. The van der Waals surface area contributed by atoms with Gasteiger partial charge in [0, 0.05) is 4.47 Å². The highest BCUT2D eigenvalue weighted by molar-refractivity contribution is 9.10. The van der Waals surface area contributed by atoms with Gasteiger partial charge in [0.25, 0.3) is 0 Å². The molecule has 1 aromatic carbocycles. The molecule has 1 N–H and O–H groups in total. The Bertz CT molecular complexity index is 484. The highest BCUT2D eigenvalue weighted by Gasteiger charge is 2.29. The van der Waals surface area contributed by atoms with Crippen LogP contribution >= 0.6 is 15.9 Å². The second kappa shape index (κ2) is 4.40. The van der Waals surface area contributed by atoms with E-state index >= 15 is 0 Å². The number of hydrogen-bond acceptors (Lipinski definition) is 2.